The van der Waals surface area contributed by atoms with Crippen LogP contribution in [-0.4, -0.2) is 6.29 Å². The number of carbonyl (C=O) groups is 1. The van der Waals surface area contributed by atoms with Crippen molar-refractivity contribution >= 4 is 17.1 Å². The number of rotatable bonds is 1. The second kappa shape index (κ2) is 5.41. The van der Waals surface area contributed by atoms with Crippen LogP contribution in [-0.2, 0) is 0 Å². The highest BCUT2D eigenvalue weighted by atomic mass is 16.1. The Hall–Kier alpha value is -3.70. The van der Waals surface area contributed by atoms with Crippen molar-refractivity contribution in [3.05, 3.63) is 117 Å². The first kappa shape index (κ1) is 15.4. The van der Waals surface area contributed by atoms with Gasteiger partial charge in [0.15, 0.2) is 6.29 Å². The van der Waals surface area contributed by atoms with Gasteiger partial charge in [0, 0.05) is 22.8 Å². The molecular weight excluding hydrogens is 342 g/mol. The second-order valence-corrected chi connectivity index (χ2v) is 7.52. The van der Waals surface area contributed by atoms with E-state index in [1.807, 2.05) is 24.3 Å². The zero-order valence-electron chi connectivity index (χ0n) is 15.0. The molecule has 0 aromatic heterocycles. The van der Waals surface area contributed by atoms with E-state index in [-0.39, 0.29) is 11.8 Å². The van der Waals surface area contributed by atoms with Gasteiger partial charge in [-0.25, -0.2) is 0 Å². The summed E-state index contributed by atoms with van der Waals surface area (Å²) in [7, 11) is 0. The van der Waals surface area contributed by atoms with Gasteiger partial charge in [0.1, 0.15) is 6.07 Å². The summed E-state index contributed by atoms with van der Waals surface area (Å²) in [4.78, 5) is 12.3. The number of fused-ring (bicyclic) bond motifs is 1. The molecule has 2 heteroatoms. The number of carbonyl (C=O) groups excluding carboxylic acids is 1. The molecule has 0 amide bonds. The fourth-order valence-electron chi connectivity index (χ4n) is 5.39. The van der Waals surface area contributed by atoms with Gasteiger partial charge in [0.2, 0.25) is 0 Å². The predicted molar refractivity (Wildman–Crippen MR) is 109 cm³/mol. The first-order chi connectivity index (χ1) is 13.8. The van der Waals surface area contributed by atoms with E-state index >= 15 is 0 Å². The molecule has 4 aromatic carbocycles. The van der Waals surface area contributed by atoms with Gasteiger partial charge in [-0.15, -0.1) is 0 Å². The monoisotopic (exact) mass is 357 g/mol. The molecule has 0 fully saturated rings. The van der Waals surface area contributed by atoms with E-state index in [0.717, 1.165) is 33.7 Å². The van der Waals surface area contributed by atoms with E-state index in [2.05, 4.69) is 54.6 Å². The van der Waals surface area contributed by atoms with Crippen LogP contribution in [0, 0.1) is 11.3 Å². The first-order valence-corrected chi connectivity index (χ1v) is 9.46. The Morgan fingerprint density at radius 1 is 0.679 bits per heavy atom. The third kappa shape index (κ3) is 1.69. The quantitative estimate of drug-likeness (QED) is 0.364. The van der Waals surface area contributed by atoms with Crippen molar-refractivity contribution < 1.29 is 4.79 Å². The van der Waals surface area contributed by atoms with E-state index in [1.165, 1.54) is 22.3 Å². The molecule has 0 spiro atoms. The summed E-state index contributed by atoms with van der Waals surface area (Å²) in [5.41, 5.74) is 8.48. The molecule has 3 aliphatic carbocycles. The van der Waals surface area contributed by atoms with Crippen molar-refractivity contribution in [3.63, 3.8) is 0 Å². The minimum Gasteiger partial charge on any atom is -0.298 e. The van der Waals surface area contributed by atoms with Crippen LogP contribution >= 0.6 is 0 Å². The average Bonchev–Trinajstić information content (AvgIpc) is 2.77. The molecule has 4 aromatic rings. The van der Waals surface area contributed by atoms with Gasteiger partial charge < -0.3 is 0 Å². The zero-order valence-corrected chi connectivity index (χ0v) is 15.0. The predicted octanol–water partition coefficient (Wildman–Crippen LogP) is 5.51. The highest BCUT2D eigenvalue weighted by Gasteiger charge is 2.44. The number of aldehydes is 1. The Labute approximate surface area is 162 Å². The van der Waals surface area contributed by atoms with Crippen LogP contribution in [0.25, 0.3) is 10.8 Å². The van der Waals surface area contributed by atoms with Gasteiger partial charge in [-0.1, -0.05) is 72.8 Å². The normalized spacial score (nSPS) is 18.1. The molecule has 0 N–H and O–H groups in total. The van der Waals surface area contributed by atoms with Gasteiger partial charge in [-0.05, 0) is 38.8 Å². The number of hydrogen-bond acceptors (Lipinski definition) is 2. The minimum absolute atomic E-state index is 0.00893. The van der Waals surface area contributed by atoms with Crippen molar-refractivity contribution in [3.8, 4) is 6.07 Å². The number of benzene rings is 4. The molecule has 0 radical (unpaired) electrons. The molecule has 7 rings (SSSR count). The van der Waals surface area contributed by atoms with Crippen LogP contribution in [0.1, 0.15) is 61.1 Å². The maximum atomic E-state index is 12.3. The maximum absolute atomic E-state index is 12.3. The molecule has 130 valence electrons. The van der Waals surface area contributed by atoms with Gasteiger partial charge in [0.05, 0.1) is 5.56 Å². The Kier molecular flexibility index (Phi) is 2.97. The lowest BCUT2D eigenvalue weighted by Crippen LogP contribution is -2.29. The van der Waals surface area contributed by atoms with Crippen molar-refractivity contribution in [1.82, 2.24) is 0 Å². The van der Waals surface area contributed by atoms with Gasteiger partial charge >= 0.3 is 0 Å². The van der Waals surface area contributed by atoms with Crippen molar-refractivity contribution in [2.24, 2.45) is 0 Å². The van der Waals surface area contributed by atoms with Gasteiger partial charge in [-0.2, -0.15) is 5.26 Å². The Balaban J connectivity index is 1.87. The summed E-state index contributed by atoms with van der Waals surface area (Å²) in [5, 5.41) is 11.9. The molecule has 28 heavy (non-hydrogen) atoms. The summed E-state index contributed by atoms with van der Waals surface area (Å²) in [5.74, 6) is -0.0188. The van der Waals surface area contributed by atoms with Crippen LogP contribution in [0.15, 0.2) is 72.8 Å². The SMILES string of the molecule is N#Cc1c2c(c(C=O)c3ccccc13)C1c3ccccc3C2c2ccccc21. The molecule has 0 saturated carbocycles. The molecular formula is C26H15NO. The summed E-state index contributed by atoms with van der Waals surface area (Å²) in [6, 6.07) is 27.2. The van der Waals surface area contributed by atoms with Crippen LogP contribution < -0.4 is 0 Å². The lowest BCUT2D eigenvalue weighted by molar-refractivity contribution is 0.112. The smallest absolute Gasteiger partial charge is 0.150 e. The topological polar surface area (TPSA) is 40.9 Å². The molecule has 2 bridgehead atoms. The third-order valence-electron chi connectivity index (χ3n) is 6.38. The van der Waals surface area contributed by atoms with Crippen LogP contribution in [0.3, 0.4) is 0 Å². The third-order valence-corrected chi connectivity index (χ3v) is 6.38. The van der Waals surface area contributed by atoms with Gasteiger partial charge in [-0.3, -0.25) is 4.79 Å². The fourth-order valence-corrected chi connectivity index (χ4v) is 5.39. The number of hydrogen-bond donors (Lipinski definition) is 0. The zero-order chi connectivity index (χ0) is 18.8. The summed E-state index contributed by atoms with van der Waals surface area (Å²) < 4.78 is 0. The fraction of sp³-hybridized carbons (Fsp3) is 0.0769. The lowest BCUT2D eigenvalue weighted by Gasteiger charge is -2.43. The standard InChI is InChI=1S/C26H15NO/c27-13-21-15-7-1-2-8-16(15)22(14-28)26-24-19-11-5-3-9-17(19)23(25(21)26)18-10-4-6-12-20(18)24/h1-12,14,23-24H. The summed E-state index contributed by atoms with van der Waals surface area (Å²) >= 11 is 0. The van der Waals surface area contributed by atoms with Crippen LogP contribution in [0.2, 0.25) is 0 Å². The summed E-state index contributed by atoms with van der Waals surface area (Å²) in [6.07, 6.45) is 0.980. The second-order valence-electron chi connectivity index (χ2n) is 7.52. The minimum atomic E-state index is -0.00990. The van der Waals surface area contributed by atoms with E-state index < -0.39 is 0 Å². The molecule has 0 atom stereocenters. The number of nitrogens with zero attached hydrogens (tertiary/aromatic N) is 1. The summed E-state index contributed by atoms with van der Waals surface area (Å²) in [6.45, 7) is 0. The molecule has 3 aliphatic rings. The number of nitriles is 1. The van der Waals surface area contributed by atoms with E-state index in [9.17, 15) is 10.1 Å². The van der Waals surface area contributed by atoms with Crippen molar-refractivity contribution in [2.45, 2.75) is 11.8 Å². The van der Waals surface area contributed by atoms with E-state index in [4.69, 9.17) is 0 Å². The van der Waals surface area contributed by atoms with Gasteiger partial charge in [0.25, 0.3) is 0 Å². The highest BCUT2D eigenvalue weighted by molar-refractivity contribution is 6.04. The Morgan fingerprint density at radius 3 is 1.64 bits per heavy atom. The first-order valence-electron chi connectivity index (χ1n) is 9.46. The molecule has 0 aliphatic heterocycles. The Morgan fingerprint density at radius 2 is 1.14 bits per heavy atom. The van der Waals surface area contributed by atoms with Crippen molar-refractivity contribution in [2.75, 3.05) is 0 Å². The van der Waals surface area contributed by atoms with Crippen molar-refractivity contribution in [1.29, 1.82) is 5.26 Å². The maximum Gasteiger partial charge on any atom is 0.150 e. The van der Waals surface area contributed by atoms with Crippen LogP contribution in [0.4, 0.5) is 0 Å². The highest BCUT2D eigenvalue weighted by Crippen LogP contribution is 2.58. The van der Waals surface area contributed by atoms with E-state index in [1.54, 1.807) is 0 Å². The largest absolute Gasteiger partial charge is 0.298 e. The Bertz CT molecular complexity index is 1310. The lowest BCUT2D eigenvalue weighted by atomic mass is 9.59. The molecule has 0 unspecified atom stereocenters. The molecule has 0 saturated heterocycles. The molecule has 2 nitrogen and oxygen atoms in total. The molecule has 0 heterocycles. The average molecular weight is 357 g/mol. The van der Waals surface area contributed by atoms with E-state index in [0.29, 0.717) is 5.56 Å². The van der Waals surface area contributed by atoms with Crippen LogP contribution in [0.5, 0.6) is 0 Å².